The molecule has 1 saturated heterocycles. The van der Waals surface area contributed by atoms with E-state index in [1.54, 1.807) is 0 Å². The first kappa shape index (κ1) is 15.0. The second kappa shape index (κ2) is 5.54. The molecule has 110 valence electrons. The van der Waals surface area contributed by atoms with E-state index in [4.69, 9.17) is 0 Å². The van der Waals surface area contributed by atoms with Crippen LogP contribution in [0.5, 0.6) is 0 Å². The fourth-order valence-corrected chi connectivity index (χ4v) is 2.97. The standard InChI is InChI=1S/C14H20N2O3S/c1-14(8-3-9-16-14)10-15-13(17)11-4-6-12(7-5-11)20(2,18)19/h4-7,16H,3,8-10H2,1-2H3,(H,15,17). The smallest absolute Gasteiger partial charge is 0.251 e. The lowest BCUT2D eigenvalue weighted by atomic mass is 10.0. The molecule has 0 spiro atoms. The minimum atomic E-state index is -3.22. The van der Waals surface area contributed by atoms with Crippen LogP contribution < -0.4 is 10.6 Å². The van der Waals surface area contributed by atoms with Crippen molar-refractivity contribution in [2.45, 2.75) is 30.2 Å². The van der Waals surface area contributed by atoms with Crippen molar-refractivity contribution in [2.75, 3.05) is 19.3 Å². The Kier molecular flexibility index (Phi) is 4.15. The van der Waals surface area contributed by atoms with E-state index in [2.05, 4.69) is 17.6 Å². The van der Waals surface area contributed by atoms with Crippen molar-refractivity contribution >= 4 is 15.7 Å². The van der Waals surface area contributed by atoms with Crippen molar-refractivity contribution < 1.29 is 13.2 Å². The zero-order valence-corrected chi connectivity index (χ0v) is 12.6. The Morgan fingerprint density at radius 1 is 1.35 bits per heavy atom. The first-order valence-corrected chi connectivity index (χ1v) is 8.53. The lowest BCUT2D eigenvalue weighted by Crippen LogP contribution is -2.47. The number of benzene rings is 1. The molecule has 6 heteroatoms. The molecule has 5 nitrogen and oxygen atoms in total. The average Bonchev–Trinajstić information content (AvgIpc) is 2.83. The van der Waals surface area contributed by atoms with Gasteiger partial charge in [0.05, 0.1) is 4.90 Å². The minimum absolute atomic E-state index is 0.0393. The van der Waals surface area contributed by atoms with Gasteiger partial charge in [0.25, 0.3) is 5.91 Å². The third-order valence-electron chi connectivity index (χ3n) is 3.64. The predicted octanol–water partition coefficient (Wildman–Crippen LogP) is 0.962. The Bertz CT molecular complexity index is 587. The van der Waals surface area contributed by atoms with Crippen LogP contribution in [0.2, 0.25) is 0 Å². The molecule has 0 radical (unpaired) electrons. The number of amides is 1. The molecule has 1 atom stereocenters. The monoisotopic (exact) mass is 296 g/mol. The van der Waals surface area contributed by atoms with Crippen LogP contribution >= 0.6 is 0 Å². The molecule has 0 aliphatic carbocycles. The summed E-state index contributed by atoms with van der Waals surface area (Å²) in [5.41, 5.74) is 0.432. The molecule has 0 saturated carbocycles. The highest BCUT2D eigenvalue weighted by atomic mass is 32.2. The molecule has 1 unspecified atom stereocenters. The zero-order valence-electron chi connectivity index (χ0n) is 11.8. The van der Waals surface area contributed by atoms with E-state index in [1.165, 1.54) is 24.3 Å². The molecule has 1 aliphatic heterocycles. The number of sulfone groups is 1. The average molecular weight is 296 g/mol. The summed E-state index contributed by atoms with van der Waals surface area (Å²) in [6.07, 6.45) is 3.31. The Hall–Kier alpha value is -1.40. The van der Waals surface area contributed by atoms with Crippen LogP contribution in [0, 0.1) is 0 Å². The van der Waals surface area contributed by atoms with Crippen molar-refractivity contribution in [2.24, 2.45) is 0 Å². The van der Waals surface area contributed by atoms with E-state index in [1.807, 2.05) is 0 Å². The summed E-state index contributed by atoms with van der Waals surface area (Å²) in [4.78, 5) is 12.2. The number of carbonyl (C=O) groups excluding carboxylic acids is 1. The fraction of sp³-hybridized carbons (Fsp3) is 0.500. The van der Waals surface area contributed by atoms with Crippen molar-refractivity contribution in [1.82, 2.24) is 10.6 Å². The molecule has 1 amide bonds. The van der Waals surface area contributed by atoms with E-state index in [9.17, 15) is 13.2 Å². The molecular weight excluding hydrogens is 276 g/mol. The number of rotatable bonds is 4. The Labute approximate surface area is 119 Å². The van der Waals surface area contributed by atoms with Crippen molar-refractivity contribution in [3.63, 3.8) is 0 Å². The van der Waals surface area contributed by atoms with Crippen molar-refractivity contribution in [3.05, 3.63) is 29.8 Å². The third kappa shape index (κ3) is 3.58. The van der Waals surface area contributed by atoms with Crippen LogP contribution in [0.25, 0.3) is 0 Å². The normalized spacial score (nSPS) is 22.7. The maximum absolute atomic E-state index is 12.0. The number of nitrogens with one attached hydrogen (secondary N) is 2. The van der Waals surface area contributed by atoms with Gasteiger partial charge < -0.3 is 10.6 Å². The molecule has 1 fully saturated rings. The zero-order chi connectivity index (χ0) is 14.8. The van der Waals surface area contributed by atoms with Crippen LogP contribution in [0.3, 0.4) is 0 Å². The second-order valence-corrected chi connectivity index (χ2v) is 7.59. The fourth-order valence-electron chi connectivity index (χ4n) is 2.34. The first-order valence-electron chi connectivity index (χ1n) is 6.64. The van der Waals surface area contributed by atoms with Gasteiger partial charge in [0.15, 0.2) is 9.84 Å². The van der Waals surface area contributed by atoms with E-state index >= 15 is 0 Å². The van der Waals surface area contributed by atoms with Crippen LogP contribution in [0.1, 0.15) is 30.1 Å². The van der Waals surface area contributed by atoms with E-state index < -0.39 is 9.84 Å². The van der Waals surface area contributed by atoms with Gasteiger partial charge in [0.1, 0.15) is 0 Å². The summed E-state index contributed by atoms with van der Waals surface area (Å²) >= 11 is 0. The van der Waals surface area contributed by atoms with Gasteiger partial charge in [0.2, 0.25) is 0 Å². The maximum atomic E-state index is 12.0. The molecule has 1 aliphatic rings. The predicted molar refractivity (Wildman–Crippen MR) is 77.5 cm³/mol. The summed E-state index contributed by atoms with van der Waals surface area (Å²) in [6.45, 7) is 3.64. The first-order chi connectivity index (χ1) is 9.30. The lowest BCUT2D eigenvalue weighted by molar-refractivity contribution is 0.0942. The van der Waals surface area contributed by atoms with Crippen molar-refractivity contribution in [1.29, 1.82) is 0 Å². The van der Waals surface area contributed by atoms with E-state index in [0.717, 1.165) is 25.6 Å². The van der Waals surface area contributed by atoms with Gasteiger partial charge >= 0.3 is 0 Å². The third-order valence-corrected chi connectivity index (χ3v) is 4.77. The Balaban J connectivity index is 1.99. The second-order valence-electron chi connectivity index (χ2n) is 5.57. The minimum Gasteiger partial charge on any atom is -0.350 e. The molecular formula is C14H20N2O3S. The lowest BCUT2D eigenvalue weighted by Gasteiger charge is -2.24. The summed E-state index contributed by atoms with van der Waals surface area (Å²) in [6, 6.07) is 5.99. The van der Waals surface area contributed by atoms with Gasteiger partial charge in [-0.25, -0.2) is 8.42 Å². The molecule has 2 N–H and O–H groups in total. The van der Waals surface area contributed by atoms with Crippen LogP contribution in [-0.4, -0.2) is 39.2 Å². The van der Waals surface area contributed by atoms with Crippen molar-refractivity contribution in [3.8, 4) is 0 Å². The highest BCUT2D eigenvalue weighted by Crippen LogP contribution is 2.17. The highest BCUT2D eigenvalue weighted by Gasteiger charge is 2.28. The van der Waals surface area contributed by atoms with Gasteiger partial charge in [-0.1, -0.05) is 0 Å². The Morgan fingerprint density at radius 3 is 2.50 bits per heavy atom. The van der Waals surface area contributed by atoms with Crippen LogP contribution in [-0.2, 0) is 9.84 Å². The van der Waals surface area contributed by atoms with Crippen LogP contribution in [0.15, 0.2) is 29.2 Å². The molecule has 0 aromatic heterocycles. The van der Waals surface area contributed by atoms with Gasteiger partial charge in [-0.2, -0.15) is 0 Å². The van der Waals surface area contributed by atoms with Gasteiger partial charge in [-0.15, -0.1) is 0 Å². The Morgan fingerprint density at radius 2 is 2.00 bits per heavy atom. The SMILES string of the molecule is CC1(CNC(=O)c2ccc(S(C)(=O)=O)cc2)CCCN1. The number of hydrogen-bond acceptors (Lipinski definition) is 4. The summed E-state index contributed by atoms with van der Waals surface area (Å²) in [5.74, 6) is -0.181. The molecule has 20 heavy (non-hydrogen) atoms. The molecule has 2 rings (SSSR count). The van der Waals surface area contributed by atoms with Gasteiger partial charge in [-0.05, 0) is 50.6 Å². The summed E-state index contributed by atoms with van der Waals surface area (Å²) in [5, 5.41) is 6.26. The molecule has 1 aromatic carbocycles. The summed E-state index contributed by atoms with van der Waals surface area (Å²) < 4.78 is 22.7. The molecule has 0 bridgehead atoms. The quantitative estimate of drug-likeness (QED) is 0.868. The highest BCUT2D eigenvalue weighted by molar-refractivity contribution is 7.90. The topological polar surface area (TPSA) is 75.3 Å². The summed E-state index contributed by atoms with van der Waals surface area (Å²) in [7, 11) is -3.22. The maximum Gasteiger partial charge on any atom is 0.251 e. The van der Waals surface area contributed by atoms with Crippen LogP contribution in [0.4, 0.5) is 0 Å². The van der Waals surface area contributed by atoms with Gasteiger partial charge in [-0.3, -0.25) is 4.79 Å². The van der Waals surface area contributed by atoms with E-state index in [0.29, 0.717) is 12.1 Å². The molecule has 1 aromatic rings. The van der Waals surface area contributed by atoms with Gasteiger partial charge in [0, 0.05) is 23.9 Å². The molecule has 1 heterocycles. The largest absolute Gasteiger partial charge is 0.350 e. The number of hydrogen-bond donors (Lipinski definition) is 2. The van der Waals surface area contributed by atoms with E-state index in [-0.39, 0.29) is 16.3 Å². The number of carbonyl (C=O) groups is 1.